The van der Waals surface area contributed by atoms with E-state index in [1.165, 1.54) is 19.3 Å². The summed E-state index contributed by atoms with van der Waals surface area (Å²) in [7, 11) is 0. The van der Waals surface area contributed by atoms with Crippen molar-refractivity contribution in [3.63, 3.8) is 0 Å². The van der Waals surface area contributed by atoms with Crippen molar-refractivity contribution in [3.8, 4) is 0 Å². The topological polar surface area (TPSA) is 32.3 Å². The molecule has 0 atom stereocenters. The average molecular weight is 210 g/mol. The third-order valence-corrected chi connectivity index (χ3v) is 3.91. The molecule has 2 heterocycles. The second-order valence-corrected chi connectivity index (χ2v) is 5.41. The van der Waals surface area contributed by atoms with E-state index >= 15 is 0 Å². The molecule has 1 amide bonds. The Morgan fingerprint density at radius 1 is 1.27 bits per heavy atom. The van der Waals surface area contributed by atoms with Gasteiger partial charge in [-0.15, -0.1) is 0 Å². The summed E-state index contributed by atoms with van der Waals surface area (Å²) >= 11 is 0. The van der Waals surface area contributed by atoms with Crippen LogP contribution in [-0.4, -0.2) is 37.0 Å². The third kappa shape index (κ3) is 2.17. The van der Waals surface area contributed by atoms with Crippen LogP contribution in [-0.2, 0) is 4.79 Å². The van der Waals surface area contributed by atoms with Crippen LogP contribution in [0.4, 0.5) is 0 Å². The lowest BCUT2D eigenvalue weighted by Crippen LogP contribution is -2.40. The van der Waals surface area contributed by atoms with Gasteiger partial charge in [-0.05, 0) is 37.8 Å². The highest BCUT2D eigenvalue weighted by molar-refractivity contribution is 5.78. The van der Waals surface area contributed by atoms with Crippen LogP contribution in [0.5, 0.6) is 0 Å². The molecule has 3 heteroatoms. The maximum atomic E-state index is 11.9. The van der Waals surface area contributed by atoms with Gasteiger partial charge in [0.05, 0.1) is 0 Å². The summed E-state index contributed by atoms with van der Waals surface area (Å²) in [6.45, 7) is 8.24. The van der Waals surface area contributed by atoms with Gasteiger partial charge in [-0.1, -0.05) is 13.8 Å². The van der Waals surface area contributed by atoms with Gasteiger partial charge in [-0.25, -0.2) is 0 Å². The van der Waals surface area contributed by atoms with Gasteiger partial charge >= 0.3 is 0 Å². The first-order valence-corrected chi connectivity index (χ1v) is 6.12. The number of rotatable bonds is 1. The van der Waals surface area contributed by atoms with E-state index in [0.717, 1.165) is 26.2 Å². The molecule has 0 saturated carbocycles. The number of amides is 1. The zero-order valence-electron chi connectivity index (χ0n) is 9.88. The Kier molecular flexibility index (Phi) is 3.01. The van der Waals surface area contributed by atoms with Gasteiger partial charge in [-0.3, -0.25) is 4.79 Å². The summed E-state index contributed by atoms with van der Waals surface area (Å²) in [5, 5.41) is 3.40. The van der Waals surface area contributed by atoms with Crippen LogP contribution in [0.3, 0.4) is 0 Å². The fourth-order valence-corrected chi connectivity index (χ4v) is 2.85. The Labute approximate surface area is 92.2 Å². The Hall–Kier alpha value is -0.570. The summed E-state index contributed by atoms with van der Waals surface area (Å²) in [5.74, 6) is 0.493. The van der Waals surface area contributed by atoms with E-state index in [2.05, 4.69) is 10.2 Å². The molecule has 86 valence electrons. The molecule has 0 unspecified atom stereocenters. The van der Waals surface area contributed by atoms with E-state index in [0.29, 0.717) is 11.3 Å². The van der Waals surface area contributed by atoms with Crippen molar-refractivity contribution in [1.82, 2.24) is 10.2 Å². The predicted octanol–water partition coefficient (Wildman–Crippen LogP) is 1.24. The van der Waals surface area contributed by atoms with Gasteiger partial charge in [0.2, 0.25) is 5.91 Å². The van der Waals surface area contributed by atoms with Crippen molar-refractivity contribution < 1.29 is 4.79 Å². The lowest BCUT2D eigenvalue weighted by Gasteiger charge is -2.33. The summed E-state index contributed by atoms with van der Waals surface area (Å²) in [5.41, 5.74) is 0.454. The molecule has 2 aliphatic rings. The zero-order chi connectivity index (χ0) is 10.9. The lowest BCUT2D eigenvalue weighted by molar-refractivity contribution is -0.133. The highest BCUT2D eigenvalue weighted by atomic mass is 16.2. The number of hydrogen-bond donors (Lipinski definition) is 1. The second-order valence-electron chi connectivity index (χ2n) is 5.41. The van der Waals surface area contributed by atoms with Gasteiger partial charge in [0.15, 0.2) is 0 Å². The van der Waals surface area contributed by atoms with Gasteiger partial charge in [0.25, 0.3) is 0 Å². The van der Waals surface area contributed by atoms with E-state index in [-0.39, 0.29) is 5.92 Å². The minimum Gasteiger partial charge on any atom is -0.342 e. The van der Waals surface area contributed by atoms with Crippen LogP contribution in [0.15, 0.2) is 0 Å². The zero-order valence-corrected chi connectivity index (χ0v) is 9.88. The number of carbonyl (C=O) groups excluding carboxylic acids is 1. The second kappa shape index (κ2) is 4.12. The molecule has 1 spiro atoms. The first-order chi connectivity index (χ1) is 7.13. The smallest absolute Gasteiger partial charge is 0.225 e. The molecule has 0 aromatic carbocycles. The summed E-state index contributed by atoms with van der Waals surface area (Å²) in [6.07, 6.45) is 3.71. The van der Waals surface area contributed by atoms with Gasteiger partial charge in [0.1, 0.15) is 0 Å². The Morgan fingerprint density at radius 3 is 2.53 bits per heavy atom. The Balaban J connectivity index is 1.96. The lowest BCUT2D eigenvalue weighted by atomic mass is 9.78. The molecule has 3 nitrogen and oxygen atoms in total. The molecule has 2 aliphatic heterocycles. The van der Waals surface area contributed by atoms with E-state index in [1.54, 1.807) is 0 Å². The molecule has 0 aromatic rings. The summed E-state index contributed by atoms with van der Waals surface area (Å²) < 4.78 is 0. The number of hydrogen-bond acceptors (Lipinski definition) is 2. The number of carbonyl (C=O) groups is 1. The van der Waals surface area contributed by atoms with E-state index < -0.39 is 0 Å². The maximum Gasteiger partial charge on any atom is 0.225 e. The molecular weight excluding hydrogens is 188 g/mol. The SMILES string of the molecule is CC(C)C(=O)N1CCC2(CCNCC2)C1. The molecule has 0 aliphatic carbocycles. The number of nitrogens with zero attached hydrogens (tertiary/aromatic N) is 1. The Bertz CT molecular complexity index is 244. The molecular formula is C12H22N2O. The van der Waals surface area contributed by atoms with Crippen LogP contribution in [0, 0.1) is 11.3 Å². The average Bonchev–Trinajstić information content (AvgIpc) is 2.62. The van der Waals surface area contributed by atoms with Crippen LogP contribution in [0.2, 0.25) is 0 Å². The quantitative estimate of drug-likeness (QED) is 0.706. The molecule has 0 bridgehead atoms. The Morgan fingerprint density at radius 2 is 1.93 bits per heavy atom. The van der Waals surface area contributed by atoms with Gasteiger partial charge in [0, 0.05) is 19.0 Å². The highest BCUT2D eigenvalue weighted by Crippen LogP contribution is 2.38. The third-order valence-electron chi connectivity index (χ3n) is 3.91. The fourth-order valence-electron chi connectivity index (χ4n) is 2.85. The van der Waals surface area contributed by atoms with Crippen molar-refractivity contribution in [2.45, 2.75) is 33.1 Å². The van der Waals surface area contributed by atoms with Crippen LogP contribution < -0.4 is 5.32 Å². The molecule has 1 N–H and O–H groups in total. The standard InChI is InChI=1S/C12H22N2O/c1-10(2)11(15)14-8-5-12(9-14)3-6-13-7-4-12/h10,13H,3-9H2,1-2H3. The minimum atomic E-state index is 0.155. The molecule has 2 rings (SSSR count). The number of piperidine rings is 1. The van der Waals surface area contributed by atoms with Crippen molar-refractivity contribution in [2.24, 2.45) is 11.3 Å². The van der Waals surface area contributed by atoms with E-state index in [1.807, 2.05) is 13.8 Å². The number of likely N-dealkylation sites (tertiary alicyclic amines) is 1. The normalized spacial score (nSPS) is 25.1. The summed E-state index contributed by atoms with van der Waals surface area (Å²) in [6, 6.07) is 0. The van der Waals surface area contributed by atoms with Crippen molar-refractivity contribution in [1.29, 1.82) is 0 Å². The van der Waals surface area contributed by atoms with E-state index in [9.17, 15) is 4.79 Å². The molecule has 0 aromatic heterocycles. The van der Waals surface area contributed by atoms with Crippen LogP contribution in [0.1, 0.15) is 33.1 Å². The predicted molar refractivity (Wildman–Crippen MR) is 60.6 cm³/mol. The summed E-state index contributed by atoms with van der Waals surface area (Å²) in [4.78, 5) is 14.0. The molecule has 0 radical (unpaired) electrons. The minimum absolute atomic E-state index is 0.155. The van der Waals surface area contributed by atoms with Crippen LogP contribution >= 0.6 is 0 Å². The fraction of sp³-hybridized carbons (Fsp3) is 0.917. The molecule has 15 heavy (non-hydrogen) atoms. The first-order valence-electron chi connectivity index (χ1n) is 6.12. The maximum absolute atomic E-state index is 11.9. The van der Waals surface area contributed by atoms with Gasteiger partial charge in [-0.2, -0.15) is 0 Å². The van der Waals surface area contributed by atoms with Crippen molar-refractivity contribution >= 4 is 5.91 Å². The number of nitrogens with one attached hydrogen (secondary N) is 1. The highest BCUT2D eigenvalue weighted by Gasteiger charge is 2.40. The van der Waals surface area contributed by atoms with Gasteiger partial charge < -0.3 is 10.2 Å². The molecule has 2 fully saturated rings. The monoisotopic (exact) mass is 210 g/mol. The van der Waals surface area contributed by atoms with Crippen LogP contribution in [0.25, 0.3) is 0 Å². The van der Waals surface area contributed by atoms with Crippen molar-refractivity contribution in [3.05, 3.63) is 0 Å². The largest absolute Gasteiger partial charge is 0.342 e. The van der Waals surface area contributed by atoms with E-state index in [4.69, 9.17) is 0 Å². The van der Waals surface area contributed by atoms with Crippen molar-refractivity contribution in [2.75, 3.05) is 26.2 Å². The molecule has 2 saturated heterocycles. The first kappa shape index (κ1) is 10.9.